The molecule has 0 aromatic heterocycles. The van der Waals surface area contributed by atoms with Gasteiger partial charge in [0.1, 0.15) is 23.3 Å². The Morgan fingerprint density at radius 1 is 1.12 bits per heavy atom. The van der Waals surface area contributed by atoms with Crippen molar-refractivity contribution < 1.29 is 14.6 Å². The van der Waals surface area contributed by atoms with Crippen molar-refractivity contribution in [2.45, 2.75) is 12.8 Å². The first kappa shape index (κ1) is 16.9. The van der Waals surface area contributed by atoms with Crippen molar-refractivity contribution in [3.05, 3.63) is 64.9 Å². The molecular formula is C19H15ClN2O3. The maximum atomic E-state index is 12.1. The van der Waals surface area contributed by atoms with Gasteiger partial charge >= 0.3 is 0 Å². The van der Waals surface area contributed by atoms with Crippen LogP contribution in [0.3, 0.4) is 0 Å². The van der Waals surface area contributed by atoms with Crippen molar-refractivity contribution in [1.82, 2.24) is 0 Å². The maximum absolute atomic E-state index is 12.1. The zero-order chi connectivity index (χ0) is 17.8. The lowest BCUT2D eigenvalue weighted by Crippen LogP contribution is -2.15. The summed E-state index contributed by atoms with van der Waals surface area (Å²) in [7, 11) is 0. The van der Waals surface area contributed by atoms with Crippen LogP contribution in [0.15, 0.2) is 59.9 Å². The molecule has 0 heterocycles. The molecule has 0 aliphatic heterocycles. The van der Waals surface area contributed by atoms with Crippen LogP contribution in [0.2, 0.25) is 5.02 Å². The Labute approximate surface area is 150 Å². The number of hydrogen-bond donors (Lipinski definition) is 2. The number of nitriles is 1. The Morgan fingerprint density at radius 3 is 2.20 bits per heavy atom. The van der Waals surface area contributed by atoms with E-state index in [9.17, 15) is 9.90 Å². The van der Waals surface area contributed by atoms with E-state index in [1.165, 1.54) is 0 Å². The van der Waals surface area contributed by atoms with Crippen molar-refractivity contribution in [3.63, 3.8) is 0 Å². The molecule has 5 nitrogen and oxygen atoms in total. The predicted octanol–water partition coefficient (Wildman–Crippen LogP) is 4.82. The van der Waals surface area contributed by atoms with Crippen molar-refractivity contribution in [1.29, 1.82) is 5.26 Å². The Hall–Kier alpha value is -2.97. The van der Waals surface area contributed by atoms with E-state index in [0.717, 1.165) is 12.8 Å². The highest BCUT2D eigenvalue weighted by Crippen LogP contribution is 2.36. The third kappa shape index (κ3) is 4.31. The quantitative estimate of drug-likeness (QED) is 0.458. The number of ether oxygens (including phenoxy) is 1. The molecule has 0 saturated heterocycles. The van der Waals surface area contributed by atoms with Crippen LogP contribution < -0.4 is 10.1 Å². The minimum absolute atomic E-state index is 0.0597. The van der Waals surface area contributed by atoms with Gasteiger partial charge in [-0.1, -0.05) is 11.6 Å². The molecule has 3 rings (SSSR count). The zero-order valence-electron chi connectivity index (χ0n) is 13.2. The number of hydrogen-bond acceptors (Lipinski definition) is 4. The van der Waals surface area contributed by atoms with Gasteiger partial charge in [0.2, 0.25) is 0 Å². The number of halogens is 1. The fraction of sp³-hybridized carbons (Fsp3) is 0.158. The first-order valence-electron chi connectivity index (χ1n) is 7.75. The van der Waals surface area contributed by atoms with Gasteiger partial charge in [0.05, 0.1) is 0 Å². The molecule has 25 heavy (non-hydrogen) atoms. The van der Waals surface area contributed by atoms with Crippen LogP contribution in [0.5, 0.6) is 11.5 Å². The molecule has 1 saturated carbocycles. The summed E-state index contributed by atoms with van der Waals surface area (Å²) in [5.41, 5.74) is 0.272. The maximum Gasteiger partial charge on any atom is 0.269 e. The number of aliphatic hydroxyl groups is 1. The van der Waals surface area contributed by atoms with Gasteiger partial charge in [-0.2, -0.15) is 5.26 Å². The summed E-state index contributed by atoms with van der Waals surface area (Å²) < 4.78 is 5.67. The second kappa shape index (κ2) is 7.29. The second-order valence-electron chi connectivity index (χ2n) is 5.68. The molecule has 0 radical (unpaired) electrons. The largest absolute Gasteiger partial charge is 0.510 e. The van der Waals surface area contributed by atoms with Gasteiger partial charge in [0, 0.05) is 16.6 Å². The zero-order valence-corrected chi connectivity index (χ0v) is 14.0. The van der Waals surface area contributed by atoms with Crippen LogP contribution in [0.4, 0.5) is 5.69 Å². The average Bonchev–Trinajstić information content (AvgIpc) is 3.44. The topological polar surface area (TPSA) is 82.4 Å². The molecule has 0 bridgehead atoms. The summed E-state index contributed by atoms with van der Waals surface area (Å²) in [6, 6.07) is 15.4. The van der Waals surface area contributed by atoms with E-state index in [0.29, 0.717) is 22.2 Å². The van der Waals surface area contributed by atoms with Gasteiger partial charge in [0.25, 0.3) is 5.91 Å². The van der Waals surface area contributed by atoms with Gasteiger partial charge in [-0.05, 0) is 61.4 Å². The number of rotatable bonds is 5. The van der Waals surface area contributed by atoms with E-state index < -0.39 is 5.91 Å². The summed E-state index contributed by atoms with van der Waals surface area (Å²) in [5, 5.41) is 22.2. The SMILES string of the molecule is N#CC(C(=O)Nc1ccc(Oc2ccc(Cl)cc2)cc1)=C(O)C1CC1. The second-order valence-corrected chi connectivity index (χ2v) is 6.12. The van der Waals surface area contributed by atoms with E-state index in [1.807, 2.05) is 0 Å². The first-order valence-corrected chi connectivity index (χ1v) is 8.12. The Balaban J connectivity index is 1.66. The first-order chi connectivity index (χ1) is 12.1. The Bertz CT molecular complexity index is 848. The molecule has 1 amide bonds. The smallest absolute Gasteiger partial charge is 0.269 e. The summed E-state index contributed by atoms with van der Waals surface area (Å²) in [5.74, 6) is 0.443. The predicted molar refractivity (Wildman–Crippen MR) is 94.6 cm³/mol. The van der Waals surface area contributed by atoms with Gasteiger partial charge in [-0.15, -0.1) is 0 Å². The molecule has 126 valence electrons. The number of carbonyl (C=O) groups excluding carboxylic acids is 1. The Kier molecular flexibility index (Phi) is 4.92. The summed E-state index contributed by atoms with van der Waals surface area (Å²) >= 11 is 5.83. The Morgan fingerprint density at radius 2 is 1.68 bits per heavy atom. The highest BCUT2D eigenvalue weighted by atomic mass is 35.5. The van der Waals surface area contributed by atoms with Crippen molar-refractivity contribution >= 4 is 23.2 Å². The summed E-state index contributed by atoms with van der Waals surface area (Å²) in [6.07, 6.45) is 1.61. The standard InChI is InChI=1S/C19H15ClN2O3/c20-13-3-7-15(8-4-13)25-16-9-5-14(6-10-16)22-19(24)17(11-21)18(23)12-1-2-12/h3-10,12,23H,1-2H2,(H,22,24). The molecule has 0 unspecified atom stereocenters. The molecule has 0 spiro atoms. The van der Waals surface area contributed by atoms with Crippen LogP contribution in [-0.4, -0.2) is 11.0 Å². The highest BCUT2D eigenvalue weighted by molar-refractivity contribution is 6.30. The van der Waals surface area contributed by atoms with Crippen LogP contribution in [0.25, 0.3) is 0 Å². The molecule has 1 aliphatic carbocycles. The number of carbonyl (C=O) groups is 1. The highest BCUT2D eigenvalue weighted by Gasteiger charge is 2.30. The molecule has 1 fully saturated rings. The van der Waals surface area contributed by atoms with Crippen LogP contribution in [0.1, 0.15) is 12.8 Å². The number of aliphatic hydroxyl groups excluding tert-OH is 1. The summed E-state index contributed by atoms with van der Waals surface area (Å²) in [6.45, 7) is 0. The summed E-state index contributed by atoms with van der Waals surface area (Å²) in [4.78, 5) is 12.1. The van der Waals surface area contributed by atoms with Crippen LogP contribution in [-0.2, 0) is 4.79 Å². The molecule has 2 aromatic rings. The minimum Gasteiger partial charge on any atom is -0.510 e. The lowest BCUT2D eigenvalue weighted by molar-refractivity contribution is -0.112. The van der Waals surface area contributed by atoms with E-state index in [4.69, 9.17) is 21.6 Å². The molecule has 2 aromatic carbocycles. The normalized spacial score (nSPS) is 14.2. The van der Waals surface area contributed by atoms with Crippen molar-refractivity contribution in [2.75, 3.05) is 5.32 Å². The van der Waals surface area contributed by atoms with Crippen molar-refractivity contribution in [2.24, 2.45) is 5.92 Å². The fourth-order valence-corrected chi connectivity index (χ4v) is 2.35. The molecule has 2 N–H and O–H groups in total. The van der Waals surface area contributed by atoms with Gasteiger partial charge in [0.15, 0.2) is 5.57 Å². The fourth-order valence-electron chi connectivity index (χ4n) is 2.22. The lowest BCUT2D eigenvalue weighted by Gasteiger charge is -2.08. The van der Waals surface area contributed by atoms with Crippen molar-refractivity contribution in [3.8, 4) is 17.6 Å². The van der Waals surface area contributed by atoms with E-state index in [-0.39, 0.29) is 17.3 Å². The molecule has 1 aliphatic rings. The van der Waals surface area contributed by atoms with E-state index in [2.05, 4.69) is 5.32 Å². The average molecular weight is 355 g/mol. The molecule has 0 atom stereocenters. The van der Waals surface area contributed by atoms with E-state index in [1.54, 1.807) is 54.6 Å². The third-order valence-electron chi connectivity index (χ3n) is 3.72. The number of amides is 1. The number of allylic oxidation sites excluding steroid dienone is 1. The van der Waals surface area contributed by atoms with Crippen LogP contribution in [0, 0.1) is 17.2 Å². The van der Waals surface area contributed by atoms with Crippen LogP contribution >= 0.6 is 11.6 Å². The minimum atomic E-state index is -0.613. The number of nitrogens with zero attached hydrogens (tertiary/aromatic N) is 1. The molecular weight excluding hydrogens is 340 g/mol. The number of nitrogens with one attached hydrogen (secondary N) is 1. The van der Waals surface area contributed by atoms with Gasteiger partial charge in [-0.3, -0.25) is 4.79 Å². The monoisotopic (exact) mass is 354 g/mol. The molecule has 6 heteroatoms. The number of anilines is 1. The van der Waals surface area contributed by atoms with Gasteiger partial charge in [-0.25, -0.2) is 0 Å². The van der Waals surface area contributed by atoms with E-state index >= 15 is 0 Å². The van der Waals surface area contributed by atoms with Gasteiger partial charge < -0.3 is 15.2 Å². The number of benzene rings is 2. The third-order valence-corrected chi connectivity index (χ3v) is 3.97. The lowest BCUT2D eigenvalue weighted by atomic mass is 10.1.